The third-order valence-corrected chi connectivity index (χ3v) is 7.54. The van der Waals surface area contributed by atoms with Crippen molar-refractivity contribution in [1.29, 1.82) is 5.26 Å². The van der Waals surface area contributed by atoms with Gasteiger partial charge < -0.3 is 0 Å². The van der Waals surface area contributed by atoms with Gasteiger partial charge in [-0.15, -0.1) is 0 Å². The van der Waals surface area contributed by atoms with E-state index in [1.165, 1.54) is 6.07 Å². The average molecular weight is 513 g/mol. The SMILES string of the molecule is C[C@H](NS(=O)(=O)c1ccc(-c2c(C#N)c3ccc(C4CC4)cc3n2-c2ncccn2)nc1)C(F)(F)F. The number of sulfonamides is 1. The fraction of sp³-hybridized carbons (Fsp3) is 0.250. The molecule has 0 saturated heterocycles. The highest BCUT2D eigenvalue weighted by molar-refractivity contribution is 7.89. The molecule has 1 saturated carbocycles. The normalized spacial score (nSPS) is 15.1. The molecule has 0 bridgehead atoms. The predicted molar refractivity (Wildman–Crippen MR) is 125 cm³/mol. The maximum Gasteiger partial charge on any atom is 0.404 e. The highest BCUT2D eigenvalue weighted by Gasteiger charge is 2.39. The molecule has 12 heteroatoms. The number of hydrogen-bond acceptors (Lipinski definition) is 6. The van der Waals surface area contributed by atoms with Crippen LogP contribution in [-0.2, 0) is 10.0 Å². The Balaban J connectivity index is 1.65. The quantitative estimate of drug-likeness (QED) is 0.408. The van der Waals surface area contributed by atoms with Gasteiger partial charge in [0.1, 0.15) is 17.0 Å². The third kappa shape index (κ3) is 4.31. The number of nitriles is 1. The second-order valence-electron chi connectivity index (χ2n) is 8.53. The molecule has 1 fully saturated rings. The summed E-state index contributed by atoms with van der Waals surface area (Å²) < 4.78 is 66.8. The van der Waals surface area contributed by atoms with Crippen molar-refractivity contribution >= 4 is 20.9 Å². The molecular formula is C24H19F3N6O2S. The summed E-state index contributed by atoms with van der Waals surface area (Å²) in [7, 11) is -4.48. The number of hydrogen-bond donors (Lipinski definition) is 1. The van der Waals surface area contributed by atoms with Gasteiger partial charge >= 0.3 is 6.18 Å². The zero-order chi connectivity index (χ0) is 25.7. The van der Waals surface area contributed by atoms with Crippen LogP contribution in [-0.4, -0.2) is 40.2 Å². The largest absolute Gasteiger partial charge is 0.404 e. The van der Waals surface area contributed by atoms with Crippen LogP contribution in [0.2, 0.25) is 0 Å². The van der Waals surface area contributed by atoms with E-state index in [4.69, 9.17) is 0 Å². The predicted octanol–water partition coefficient (Wildman–Crippen LogP) is 4.46. The summed E-state index contributed by atoms with van der Waals surface area (Å²) in [6.07, 6.45) is 1.52. The zero-order valence-corrected chi connectivity index (χ0v) is 19.7. The van der Waals surface area contributed by atoms with Crippen LogP contribution in [0.5, 0.6) is 0 Å². The van der Waals surface area contributed by atoms with Crippen molar-refractivity contribution in [1.82, 2.24) is 24.2 Å². The molecule has 8 nitrogen and oxygen atoms in total. The third-order valence-electron chi connectivity index (χ3n) is 6.02. The molecule has 36 heavy (non-hydrogen) atoms. The van der Waals surface area contributed by atoms with Crippen molar-refractivity contribution in [2.24, 2.45) is 0 Å². The number of fused-ring (bicyclic) bond motifs is 1. The van der Waals surface area contributed by atoms with Gasteiger partial charge in [-0.25, -0.2) is 18.4 Å². The smallest absolute Gasteiger partial charge is 0.275 e. The van der Waals surface area contributed by atoms with Crippen LogP contribution in [0.25, 0.3) is 28.2 Å². The second kappa shape index (κ2) is 8.69. The number of nitrogens with zero attached hydrogens (tertiary/aromatic N) is 5. The Morgan fingerprint density at radius 3 is 2.44 bits per heavy atom. The Morgan fingerprint density at radius 2 is 1.86 bits per heavy atom. The molecule has 1 N–H and O–H groups in total. The minimum atomic E-state index is -4.74. The molecule has 3 heterocycles. The first-order valence-corrected chi connectivity index (χ1v) is 12.5. The van der Waals surface area contributed by atoms with Crippen LogP contribution in [0.4, 0.5) is 13.2 Å². The molecule has 0 amide bonds. The van der Waals surface area contributed by atoms with Gasteiger partial charge in [-0.3, -0.25) is 9.55 Å². The van der Waals surface area contributed by atoms with Crippen molar-refractivity contribution in [3.63, 3.8) is 0 Å². The second-order valence-corrected chi connectivity index (χ2v) is 10.2. The van der Waals surface area contributed by atoms with Crippen molar-refractivity contribution in [2.75, 3.05) is 0 Å². The van der Waals surface area contributed by atoms with E-state index in [1.807, 2.05) is 18.2 Å². The zero-order valence-electron chi connectivity index (χ0n) is 18.9. The Hall–Kier alpha value is -3.82. The molecule has 1 atom stereocenters. The number of rotatable bonds is 6. The Labute approximate surface area is 204 Å². The van der Waals surface area contributed by atoms with Gasteiger partial charge in [-0.2, -0.15) is 23.2 Å². The molecule has 1 aliphatic carbocycles. The summed E-state index contributed by atoms with van der Waals surface area (Å²) in [6.45, 7) is 0.715. The highest BCUT2D eigenvalue weighted by Crippen LogP contribution is 2.43. The minimum absolute atomic E-state index is 0.242. The van der Waals surface area contributed by atoms with E-state index in [1.54, 1.807) is 27.7 Å². The Bertz CT molecular complexity index is 1590. The van der Waals surface area contributed by atoms with Crippen molar-refractivity contribution < 1.29 is 21.6 Å². The number of nitrogens with one attached hydrogen (secondary N) is 1. The summed E-state index contributed by atoms with van der Waals surface area (Å²) in [5.74, 6) is 0.753. The molecule has 1 aliphatic rings. The van der Waals surface area contributed by atoms with Crippen molar-refractivity contribution in [2.45, 2.75) is 42.8 Å². The first-order valence-electron chi connectivity index (χ1n) is 11.0. The van der Waals surface area contributed by atoms with E-state index >= 15 is 0 Å². The summed E-state index contributed by atoms with van der Waals surface area (Å²) in [4.78, 5) is 12.5. The molecule has 4 aromatic rings. The van der Waals surface area contributed by atoms with E-state index in [-0.39, 0.29) is 5.69 Å². The molecular weight excluding hydrogens is 493 g/mol. The van der Waals surface area contributed by atoms with Crippen LogP contribution in [0, 0.1) is 11.3 Å². The van der Waals surface area contributed by atoms with Crippen molar-refractivity contribution in [3.8, 4) is 23.4 Å². The van der Waals surface area contributed by atoms with Crippen LogP contribution < -0.4 is 4.72 Å². The lowest BCUT2D eigenvalue weighted by atomic mass is 10.1. The molecule has 5 rings (SSSR count). The number of halogens is 3. The average Bonchev–Trinajstić information content (AvgIpc) is 3.65. The maximum absolute atomic E-state index is 12.9. The minimum Gasteiger partial charge on any atom is -0.275 e. The summed E-state index contributed by atoms with van der Waals surface area (Å²) in [5, 5.41) is 10.7. The Kier molecular flexibility index (Phi) is 5.77. The van der Waals surface area contributed by atoms with Gasteiger partial charge in [-0.05, 0) is 55.5 Å². The first kappa shape index (κ1) is 23.9. The van der Waals surface area contributed by atoms with Gasteiger partial charge in [-0.1, -0.05) is 12.1 Å². The Morgan fingerprint density at radius 1 is 1.14 bits per heavy atom. The fourth-order valence-electron chi connectivity index (χ4n) is 3.99. The van der Waals surface area contributed by atoms with Gasteiger partial charge in [0, 0.05) is 24.0 Å². The van der Waals surface area contributed by atoms with E-state index in [0.717, 1.165) is 30.7 Å². The molecule has 1 aromatic carbocycles. The first-order chi connectivity index (χ1) is 17.1. The fourth-order valence-corrected chi connectivity index (χ4v) is 5.17. The van der Waals surface area contributed by atoms with E-state index < -0.39 is 27.1 Å². The van der Waals surface area contributed by atoms with E-state index in [0.29, 0.717) is 41.0 Å². The van der Waals surface area contributed by atoms with Crippen LogP contribution in [0.15, 0.2) is 59.9 Å². The van der Waals surface area contributed by atoms with Crippen LogP contribution >= 0.6 is 0 Å². The van der Waals surface area contributed by atoms with Gasteiger partial charge in [0.15, 0.2) is 0 Å². The maximum atomic E-state index is 12.9. The molecule has 184 valence electrons. The number of pyridine rings is 1. The number of aromatic nitrogens is 4. The van der Waals surface area contributed by atoms with E-state index in [9.17, 15) is 26.9 Å². The summed E-state index contributed by atoms with van der Waals surface area (Å²) in [5.41, 5.74) is 2.73. The number of alkyl halides is 3. The molecule has 0 aliphatic heterocycles. The topological polar surface area (TPSA) is 114 Å². The van der Waals surface area contributed by atoms with Gasteiger partial charge in [0.2, 0.25) is 16.0 Å². The standard InChI is InChI=1S/C24H19F3N6O2S/c1-14(24(25,26)27)32-36(34,35)17-6-8-20(31-13-17)22-19(12-28)18-7-5-16(15-3-4-15)11-21(18)33(22)23-29-9-2-10-30-23/h2,5-11,13-15,32H,3-4H2,1H3/t14-/m0/s1. The van der Waals surface area contributed by atoms with Gasteiger partial charge in [0.25, 0.3) is 0 Å². The lowest BCUT2D eigenvalue weighted by Gasteiger charge is -2.17. The van der Waals surface area contributed by atoms with Gasteiger partial charge in [0.05, 0.1) is 22.5 Å². The number of benzene rings is 1. The monoisotopic (exact) mass is 512 g/mol. The lowest BCUT2D eigenvalue weighted by Crippen LogP contribution is -2.42. The summed E-state index contributed by atoms with van der Waals surface area (Å²) in [6, 6.07) is 9.94. The van der Waals surface area contributed by atoms with E-state index in [2.05, 4.69) is 21.0 Å². The lowest BCUT2D eigenvalue weighted by molar-refractivity contribution is -0.147. The molecule has 0 spiro atoms. The van der Waals surface area contributed by atoms with Crippen LogP contribution in [0.1, 0.15) is 36.8 Å². The van der Waals surface area contributed by atoms with Crippen molar-refractivity contribution in [3.05, 3.63) is 66.1 Å². The summed E-state index contributed by atoms with van der Waals surface area (Å²) >= 11 is 0. The highest BCUT2D eigenvalue weighted by atomic mass is 32.2. The molecule has 0 radical (unpaired) electrons. The van der Waals surface area contributed by atoms with Crippen LogP contribution in [0.3, 0.4) is 0 Å². The molecule has 0 unspecified atom stereocenters. The molecule has 3 aromatic heterocycles.